The van der Waals surface area contributed by atoms with E-state index in [2.05, 4.69) is 17.2 Å². The van der Waals surface area contributed by atoms with Gasteiger partial charge in [-0.2, -0.15) is 0 Å². The summed E-state index contributed by atoms with van der Waals surface area (Å²) in [7, 11) is 0. The molecular formula is C17H22N3OS+. The number of benzene rings is 1. The molecule has 0 bridgehead atoms. The molecule has 2 atom stereocenters. The first kappa shape index (κ1) is 15.2. The van der Waals surface area contributed by atoms with Crippen LogP contribution in [0.2, 0.25) is 0 Å². The van der Waals surface area contributed by atoms with Crippen LogP contribution >= 0.6 is 11.3 Å². The van der Waals surface area contributed by atoms with Gasteiger partial charge >= 0.3 is 0 Å². The fraction of sp³-hybridized carbons (Fsp3) is 0.412. The number of aromatic nitrogens is 1. The second-order valence-corrected chi connectivity index (χ2v) is 6.79. The van der Waals surface area contributed by atoms with Crippen LogP contribution in [0.4, 0.5) is 5.13 Å². The van der Waals surface area contributed by atoms with Crippen molar-refractivity contribution >= 4 is 22.4 Å². The molecule has 1 amide bonds. The van der Waals surface area contributed by atoms with E-state index in [-0.39, 0.29) is 5.91 Å². The van der Waals surface area contributed by atoms with E-state index in [0.29, 0.717) is 17.7 Å². The van der Waals surface area contributed by atoms with Crippen molar-refractivity contribution in [3.05, 3.63) is 35.7 Å². The van der Waals surface area contributed by atoms with Crippen LogP contribution in [-0.2, 0) is 4.79 Å². The van der Waals surface area contributed by atoms with E-state index in [4.69, 9.17) is 0 Å². The highest BCUT2D eigenvalue weighted by molar-refractivity contribution is 7.14. The first-order chi connectivity index (χ1) is 10.7. The quantitative estimate of drug-likeness (QED) is 0.908. The maximum Gasteiger partial charge on any atom is 0.281 e. The van der Waals surface area contributed by atoms with Crippen molar-refractivity contribution in [3.8, 4) is 11.3 Å². The summed E-state index contributed by atoms with van der Waals surface area (Å²) >= 11 is 1.48. The second-order valence-electron chi connectivity index (χ2n) is 5.93. The second kappa shape index (κ2) is 7.03. The van der Waals surface area contributed by atoms with Crippen molar-refractivity contribution in [3.63, 3.8) is 0 Å². The number of piperidine rings is 1. The highest BCUT2D eigenvalue weighted by Crippen LogP contribution is 2.24. The molecule has 1 saturated heterocycles. The van der Waals surface area contributed by atoms with E-state index in [1.165, 1.54) is 35.5 Å². The summed E-state index contributed by atoms with van der Waals surface area (Å²) < 4.78 is 0. The topological polar surface area (TPSA) is 46.4 Å². The van der Waals surface area contributed by atoms with Crippen LogP contribution in [0.15, 0.2) is 35.7 Å². The Balaban J connectivity index is 1.59. The minimum absolute atomic E-state index is 0.0673. The molecule has 3 rings (SSSR count). The average molecular weight is 316 g/mol. The number of nitrogens with one attached hydrogen (secondary N) is 2. The molecule has 0 spiro atoms. The minimum atomic E-state index is 0.0673. The minimum Gasteiger partial charge on any atom is -0.325 e. The highest BCUT2D eigenvalue weighted by Gasteiger charge is 2.24. The first-order valence-corrected chi connectivity index (χ1v) is 8.76. The Bertz CT molecular complexity index is 626. The third-order valence-corrected chi connectivity index (χ3v) is 5.05. The van der Waals surface area contributed by atoms with Crippen molar-refractivity contribution in [2.24, 2.45) is 0 Å². The molecule has 2 aromatic rings. The number of hydrogen-bond acceptors (Lipinski definition) is 3. The van der Waals surface area contributed by atoms with Gasteiger partial charge in [-0.3, -0.25) is 10.1 Å². The fourth-order valence-corrected chi connectivity index (χ4v) is 3.69. The molecule has 0 aliphatic carbocycles. The summed E-state index contributed by atoms with van der Waals surface area (Å²) in [6.07, 6.45) is 3.74. The van der Waals surface area contributed by atoms with Crippen LogP contribution in [0.5, 0.6) is 0 Å². The Morgan fingerprint density at radius 1 is 1.36 bits per heavy atom. The van der Waals surface area contributed by atoms with Crippen LogP contribution in [0.25, 0.3) is 11.3 Å². The monoisotopic (exact) mass is 316 g/mol. The van der Waals surface area contributed by atoms with E-state index in [0.717, 1.165) is 17.8 Å². The Morgan fingerprint density at radius 3 is 2.95 bits per heavy atom. The maximum absolute atomic E-state index is 12.2. The number of carbonyl (C=O) groups excluding carboxylic acids is 1. The molecule has 5 heteroatoms. The van der Waals surface area contributed by atoms with Crippen LogP contribution in [0.1, 0.15) is 26.2 Å². The number of hydrogen-bond donors (Lipinski definition) is 2. The molecule has 2 heterocycles. The molecule has 2 N–H and O–H groups in total. The number of carbonyl (C=O) groups is 1. The van der Waals surface area contributed by atoms with E-state index in [9.17, 15) is 4.79 Å². The van der Waals surface area contributed by atoms with Crippen LogP contribution in [0, 0.1) is 0 Å². The van der Waals surface area contributed by atoms with Gasteiger partial charge in [0.2, 0.25) is 0 Å². The lowest BCUT2D eigenvalue weighted by atomic mass is 10.0. The van der Waals surface area contributed by atoms with Gasteiger partial charge in [0.25, 0.3) is 5.91 Å². The molecular weight excluding hydrogens is 294 g/mol. The van der Waals surface area contributed by atoms with E-state index in [1.54, 1.807) is 0 Å². The van der Waals surface area contributed by atoms with Gasteiger partial charge in [-0.25, -0.2) is 4.98 Å². The average Bonchev–Trinajstić information content (AvgIpc) is 2.99. The normalized spacial score (nSPS) is 21.5. The lowest BCUT2D eigenvalue weighted by molar-refractivity contribution is -0.920. The Hall–Kier alpha value is -1.72. The molecule has 116 valence electrons. The molecule has 4 nitrogen and oxygen atoms in total. The Kier molecular flexibility index (Phi) is 4.85. The molecule has 1 aromatic carbocycles. The van der Waals surface area contributed by atoms with Gasteiger partial charge in [0.15, 0.2) is 11.7 Å². The summed E-state index contributed by atoms with van der Waals surface area (Å²) in [5, 5.41) is 5.62. The largest absolute Gasteiger partial charge is 0.325 e. The predicted molar refractivity (Wildman–Crippen MR) is 90.2 cm³/mol. The smallest absolute Gasteiger partial charge is 0.281 e. The molecule has 1 aliphatic heterocycles. The van der Waals surface area contributed by atoms with Gasteiger partial charge < -0.3 is 4.90 Å². The lowest BCUT2D eigenvalue weighted by Gasteiger charge is -2.29. The Labute approximate surface area is 135 Å². The summed E-state index contributed by atoms with van der Waals surface area (Å²) in [6.45, 7) is 3.88. The van der Waals surface area contributed by atoms with E-state index >= 15 is 0 Å². The van der Waals surface area contributed by atoms with Crippen LogP contribution in [-0.4, -0.2) is 30.0 Å². The fourth-order valence-electron chi connectivity index (χ4n) is 2.96. The van der Waals surface area contributed by atoms with Gasteiger partial charge in [-0.15, -0.1) is 11.3 Å². The predicted octanol–water partition coefficient (Wildman–Crippen LogP) is 2.21. The van der Waals surface area contributed by atoms with Crippen LogP contribution in [0.3, 0.4) is 0 Å². The van der Waals surface area contributed by atoms with Crippen molar-refractivity contribution in [2.45, 2.75) is 32.2 Å². The first-order valence-electron chi connectivity index (χ1n) is 7.88. The van der Waals surface area contributed by atoms with Crippen molar-refractivity contribution in [1.82, 2.24) is 4.98 Å². The molecule has 1 aromatic heterocycles. The van der Waals surface area contributed by atoms with Gasteiger partial charge in [-0.1, -0.05) is 30.3 Å². The van der Waals surface area contributed by atoms with E-state index < -0.39 is 0 Å². The number of anilines is 1. The van der Waals surface area contributed by atoms with Crippen LogP contribution < -0.4 is 10.2 Å². The summed E-state index contributed by atoms with van der Waals surface area (Å²) in [4.78, 5) is 18.1. The SMILES string of the molecule is C[C@H]1CCCC[NH+]1CC(=O)Nc1nc(-c2ccccc2)cs1. The van der Waals surface area contributed by atoms with Gasteiger partial charge in [0.1, 0.15) is 0 Å². The summed E-state index contributed by atoms with van der Waals surface area (Å²) in [6, 6.07) is 10.6. The standard InChI is InChI=1S/C17H21N3OS/c1-13-7-5-6-10-20(13)11-16(21)19-17-18-15(12-22-17)14-8-3-2-4-9-14/h2-4,8-9,12-13H,5-7,10-11H2,1H3,(H,18,19,21)/p+1/t13-/m0/s1. The number of amides is 1. The van der Waals surface area contributed by atoms with Gasteiger partial charge in [0.05, 0.1) is 18.3 Å². The number of rotatable bonds is 4. The molecule has 1 aliphatic rings. The lowest BCUT2D eigenvalue weighted by Crippen LogP contribution is -3.17. The molecule has 22 heavy (non-hydrogen) atoms. The van der Waals surface area contributed by atoms with Crippen molar-refractivity contribution < 1.29 is 9.69 Å². The van der Waals surface area contributed by atoms with Crippen molar-refractivity contribution in [1.29, 1.82) is 0 Å². The zero-order chi connectivity index (χ0) is 15.4. The maximum atomic E-state index is 12.2. The molecule has 0 radical (unpaired) electrons. The zero-order valence-electron chi connectivity index (χ0n) is 12.8. The number of thiazole rings is 1. The van der Waals surface area contributed by atoms with Gasteiger partial charge in [-0.05, 0) is 26.2 Å². The third kappa shape index (κ3) is 3.72. The molecule has 1 fully saturated rings. The van der Waals surface area contributed by atoms with Gasteiger partial charge in [0, 0.05) is 10.9 Å². The Morgan fingerprint density at radius 2 is 2.18 bits per heavy atom. The number of nitrogens with zero attached hydrogens (tertiary/aromatic N) is 1. The summed E-state index contributed by atoms with van der Waals surface area (Å²) in [5.41, 5.74) is 1.99. The zero-order valence-corrected chi connectivity index (χ0v) is 13.7. The van der Waals surface area contributed by atoms with Crippen molar-refractivity contribution in [2.75, 3.05) is 18.4 Å². The molecule has 0 saturated carbocycles. The highest BCUT2D eigenvalue weighted by atomic mass is 32.1. The summed E-state index contributed by atoms with van der Waals surface area (Å²) in [5.74, 6) is 0.0673. The number of quaternary nitrogens is 1. The third-order valence-electron chi connectivity index (χ3n) is 4.29. The van der Waals surface area contributed by atoms with E-state index in [1.807, 2.05) is 35.7 Å². The number of likely N-dealkylation sites (tertiary alicyclic amines) is 1. The molecule has 1 unspecified atom stereocenters.